The van der Waals surface area contributed by atoms with Crippen LogP contribution in [-0.4, -0.2) is 118 Å². The average molecular weight is 595 g/mol. The Bertz CT molecular complexity index is 1500. The predicted molar refractivity (Wildman–Crippen MR) is 138 cm³/mol. The normalized spacial score (nSPS) is 33.6. The molecule has 2 saturated heterocycles. The molecule has 0 aliphatic carbocycles. The maximum absolute atomic E-state index is 13.5. The minimum absolute atomic E-state index is 0.0941. The first-order valence-electron chi connectivity index (χ1n) is 12.9. The lowest BCUT2D eigenvalue weighted by atomic mass is 9.85. The van der Waals surface area contributed by atoms with Gasteiger partial charge in [0.25, 0.3) is 0 Å². The number of aliphatic hydroxyl groups is 8. The summed E-state index contributed by atoms with van der Waals surface area (Å²) in [4.78, 5) is 13.5. The third-order valence-electron chi connectivity index (χ3n) is 7.70. The molecule has 42 heavy (non-hydrogen) atoms. The number of hydrogen-bond donors (Lipinski definition) is 11. The number of fused-ring (bicyclic) bond motifs is 1. The molecule has 15 heteroatoms. The molecule has 2 aliphatic heterocycles. The third kappa shape index (κ3) is 4.79. The van der Waals surface area contributed by atoms with Gasteiger partial charge in [0.1, 0.15) is 89.4 Å². The van der Waals surface area contributed by atoms with Crippen LogP contribution in [-0.2, 0) is 9.47 Å². The van der Waals surface area contributed by atoms with E-state index in [-0.39, 0.29) is 17.1 Å². The fourth-order valence-corrected chi connectivity index (χ4v) is 5.39. The topological polar surface area (TPSA) is 271 Å². The smallest absolute Gasteiger partial charge is 0.197 e. The Kier molecular flexibility index (Phi) is 8.16. The first-order valence-corrected chi connectivity index (χ1v) is 12.9. The van der Waals surface area contributed by atoms with E-state index in [2.05, 4.69) is 0 Å². The number of ether oxygens (including phenoxy) is 2. The molecule has 0 unspecified atom stereocenters. The van der Waals surface area contributed by atoms with Crippen molar-refractivity contribution in [3.8, 4) is 28.6 Å². The highest BCUT2D eigenvalue weighted by Crippen LogP contribution is 2.51. The van der Waals surface area contributed by atoms with Crippen LogP contribution in [0.5, 0.6) is 17.2 Å². The second-order valence-corrected chi connectivity index (χ2v) is 10.2. The van der Waals surface area contributed by atoms with Gasteiger partial charge in [0.05, 0.1) is 24.3 Å². The van der Waals surface area contributed by atoms with E-state index in [1.165, 1.54) is 24.3 Å². The quantitative estimate of drug-likeness (QED) is 0.147. The number of phenolic OH excluding ortho intramolecular Hbond substituents is 3. The standard InChI is InChI=1S/C27H30O15/c28-6-12-17(32)21(36)23(38)26(41-12)15-19(34)14-10(31)5-11(8-1-3-9(30)4-2-8)40-25(14)16(20(15)35)27-24(39)22(37)18(33)13(7-29)42-27/h1-5,12-13,17-18,21-24,26-30,32-39H,6-7H2/t12-,13-,17-,18-,21+,22+,23-,24-,26-,27+/m1/s1. The zero-order valence-corrected chi connectivity index (χ0v) is 21.6. The second kappa shape index (κ2) is 11.4. The maximum atomic E-state index is 13.5. The van der Waals surface area contributed by atoms with Gasteiger partial charge in [-0.2, -0.15) is 0 Å². The molecule has 2 aliphatic rings. The van der Waals surface area contributed by atoms with Crippen LogP contribution in [0, 0.1) is 0 Å². The second-order valence-electron chi connectivity index (χ2n) is 10.2. The molecule has 11 N–H and O–H groups in total. The van der Waals surface area contributed by atoms with Crippen molar-refractivity contribution in [2.24, 2.45) is 0 Å². The van der Waals surface area contributed by atoms with E-state index in [9.17, 15) is 61.0 Å². The molecule has 1 aromatic heterocycles. The van der Waals surface area contributed by atoms with Crippen LogP contribution in [0.15, 0.2) is 39.5 Å². The first kappa shape index (κ1) is 30.1. The molecule has 2 fully saturated rings. The molecule has 0 saturated carbocycles. The molecule has 228 valence electrons. The summed E-state index contributed by atoms with van der Waals surface area (Å²) in [7, 11) is 0. The van der Waals surface area contributed by atoms with Gasteiger partial charge in [-0.3, -0.25) is 4.79 Å². The molecule has 3 aromatic rings. The molecular formula is C27H30O15. The van der Waals surface area contributed by atoms with Gasteiger partial charge in [0.15, 0.2) is 11.0 Å². The van der Waals surface area contributed by atoms with Gasteiger partial charge < -0.3 is 70.1 Å². The molecule has 3 heterocycles. The molecular weight excluding hydrogens is 564 g/mol. The van der Waals surface area contributed by atoms with Gasteiger partial charge in [-0.15, -0.1) is 0 Å². The van der Waals surface area contributed by atoms with Crippen molar-refractivity contribution in [2.45, 2.75) is 61.0 Å². The lowest BCUT2D eigenvalue weighted by molar-refractivity contribution is -0.234. The Balaban J connectivity index is 1.82. The van der Waals surface area contributed by atoms with Crippen molar-refractivity contribution in [3.63, 3.8) is 0 Å². The highest BCUT2D eigenvalue weighted by Gasteiger charge is 2.50. The fraction of sp³-hybridized carbons (Fsp3) is 0.444. The largest absolute Gasteiger partial charge is 0.508 e. The minimum Gasteiger partial charge on any atom is -0.508 e. The zero-order chi connectivity index (χ0) is 30.6. The third-order valence-corrected chi connectivity index (χ3v) is 7.70. The van der Waals surface area contributed by atoms with E-state index >= 15 is 0 Å². The first-order chi connectivity index (χ1) is 19.9. The molecule has 0 radical (unpaired) electrons. The minimum atomic E-state index is -2.02. The Labute approximate surface area is 235 Å². The number of benzene rings is 2. The summed E-state index contributed by atoms with van der Waals surface area (Å²) < 4.78 is 17.0. The van der Waals surface area contributed by atoms with Crippen LogP contribution in [0.25, 0.3) is 22.3 Å². The van der Waals surface area contributed by atoms with Crippen LogP contribution in [0.4, 0.5) is 0 Å². The lowest BCUT2D eigenvalue weighted by Crippen LogP contribution is -2.55. The number of aromatic hydroxyl groups is 3. The van der Waals surface area contributed by atoms with Crippen LogP contribution in [0.2, 0.25) is 0 Å². The Hall–Kier alpha value is -3.35. The van der Waals surface area contributed by atoms with E-state index < -0.39 is 113 Å². The van der Waals surface area contributed by atoms with Crippen molar-refractivity contribution < 1.29 is 70.1 Å². The average Bonchev–Trinajstić information content (AvgIpc) is 2.97. The zero-order valence-electron chi connectivity index (χ0n) is 21.6. The molecule has 15 nitrogen and oxygen atoms in total. The van der Waals surface area contributed by atoms with Crippen LogP contribution >= 0.6 is 0 Å². The van der Waals surface area contributed by atoms with Crippen LogP contribution in [0.3, 0.4) is 0 Å². The Morgan fingerprint density at radius 1 is 0.643 bits per heavy atom. The van der Waals surface area contributed by atoms with Crippen molar-refractivity contribution in [1.82, 2.24) is 0 Å². The molecule has 5 rings (SSSR count). The van der Waals surface area contributed by atoms with Crippen LogP contribution in [0.1, 0.15) is 23.3 Å². The summed E-state index contributed by atoms with van der Waals surface area (Å²) in [5.74, 6) is -2.20. The Morgan fingerprint density at radius 2 is 1.14 bits per heavy atom. The van der Waals surface area contributed by atoms with Crippen molar-refractivity contribution in [2.75, 3.05) is 13.2 Å². The molecule has 0 amide bonds. The fourth-order valence-electron chi connectivity index (χ4n) is 5.39. The highest BCUT2D eigenvalue weighted by molar-refractivity contribution is 5.92. The summed E-state index contributed by atoms with van der Waals surface area (Å²) in [6, 6.07) is 6.37. The SMILES string of the molecule is O=c1cc(-c2ccc(O)cc2)oc2c([C@@H]3O[C@H](CO)[C@@H](O)[C@H](O)[C@H]3O)c(O)c([C@H]3O[C@H](CO)[C@@H](O)[C@H](O)[C@H]3O)c(O)c12. The van der Waals surface area contributed by atoms with Gasteiger partial charge in [-0.05, 0) is 24.3 Å². The van der Waals surface area contributed by atoms with Gasteiger partial charge >= 0.3 is 0 Å². The number of aliphatic hydroxyl groups excluding tert-OH is 8. The van der Waals surface area contributed by atoms with E-state index in [1.807, 2.05) is 0 Å². The predicted octanol–water partition coefficient (Wildman–Crippen LogP) is -2.39. The summed E-state index contributed by atoms with van der Waals surface area (Å²) in [6.45, 7) is -1.70. The van der Waals surface area contributed by atoms with E-state index in [4.69, 9.17) is 13.9 Å². The van der Waals surface area contributed by atoms with Gasteiger partial charge in [-0.1, -0.05) is 0 Å². The lowest BCUT2D eigenvalue weighted by Gasteiger charge is -2.42. The monoisotopic (exact) mass is 594 g/mol. The van der Waals surface area contributed by atoms with E-state index in [0.717, 1.165) is 6.07 Å². The number of hydrogen-bond acceptors (Lipinski definition) is 15. The van der Waals surface area contributed by atoms with Crippen molar-refractivity contribution in [1.29, 1.82) is 0 Å². The molecule has 10 atom stereocenters. The molecule has 0 bridgehead atoms. The summed E-state index contributed by atoms with van der Waals surface area (Å²) in [5, 5.41) is 114. The number of rotatable bonds is 5. The summed E-state index contributed by atoms with van der Waals surface area (Å²) in [6.07, 6.45) is -18.2. The molecule has 0 spiro atoms. The summed E-state index contributed by atoms with van der Waals surface area (Å²) >= 11 is 0. The Morgan fingerprint density at radius 3 is 1.64 bits per heavy atom. The molecule has 2 aromatic carbocycles. The van der Waals surface area contributed by atoms with Crippen molar-refractivity contribution >= 4 is 11.0 Å². The number of phenols is 3. The van der Waals surface area contributed by atoms with Gasteiger partial charge in [-0.25, -0.2) is 0 Å². The van der Waals surface area contributed by atoms with Crippen LogP contribution < -0.4 is 5.43 Å². The van der Waals surface area contributed by atoms with E-state index in [0.29, 0.717) is 0 Å². The van der Waals surface area contributed by atoms with Crippen molar-refractivity contribution in [3.05, 3.63) is 51.7 Å². The van der Waals surface area contributed by atoms with Gasteiger partial charge in [0, 0.05) is 11.6 Å². The highest BCUT2D eigenvalue weighted by atomic mass is 16.6. The van der Waals surface area contributed by atoms with E-state index in [1.54, 1.807) is 0 Å². The maximum Gasteiger partial charge on any atom is 0.197 e. The van der Waals surface area contributed by atoms with Gasteiger partial charge in [0.2, 0.25) is 0 Å². The summed E-state index contributed by atoms with van der Waals surface area (Å²) in [5.41, 5.74) is -2.48.